The van der Waals surface area contributed by atoms with Gasteiger partial charge in [0.25, 0.3) is 0 Å². The lowest BCUT2D eigenvalue weighted by Crippen LogP contribution is -2.52. The highest BCUT2D eigenvalue weighted by atomic mass is 16.5. The number of hydrogen-bond acceptors (Lipinski definition) is 3. The summed E-state index contributed by atoms with van der Waals surface area (Å²) in [4.78, 5) is 12.1. The fraction of sp³-hybridized carbons (Fsp3) is 0.864. The van der Waals surface area contributed by atoms with Crippen LogP contribution in [0.3, 0.4) is 0 Å². The fourth-order valence-electron chi connectivity index (χ4n) is 7.45. The summed E-state index contributed by atoms with van der Waals surface area (Å²) in [7, 11) is 3.71. The second kappa shape index (κ2) is 6.49. The van der Waals surface area contributed by atoms with Crippen molar-refractivity contribution in [3.05, 3.63) is 11.6 Å². The number of carbonyl (C=O) groups excluding carboxylic acids is 1. The summed E-state index contributed by atoms with van der Waals surface area (Å²) in [6.07, 6.45) is 12.9. The molecule has 0 radical (unpaired) electrons. The zero-order valence-electron chi connectivity index (χ0n) is 16.2. The maximum absolute atomic E-state index is 12.1. The average Bonchev–Trinajstić information content (AvgIpc) is 2.96. The molecule has 25 heavy (non-hydrogen) atoms. The van der Waals surface area contributed by atoms with Crippen molar-refractivity contribution in [3.63, 3.8) is 0 Å². The van der Waals surface area contributed by atoms with E-state index in [1.807, 2.05) is 20.3 Å². The van der Waals surface area contributed by atoms with Gasteiger partial charge in [0.1, 0.15) is 0 Å². The van der Waals surface area contributed by atoms with Crippen molar-refractivity contribution < 1.29 is 14.3 Å². The molecule has 0 aromatic carbocycles. The molecule has 6 atom stereocenters. The van der Waals surface area contributed by atoms with Crippen LogP contribution in [0.5, 0.6) is 0 Å². The molecular formula is C22H34O3. The smallest absolute Gasteiger partial charge is 0.155 e. The molecule has 0 saturated heterocycles. The molecule has 0 heterocycles. The number of fused-ring (bicyclic) bond motifs is 5. The molecule has 0 amide bonds. The number of ether oxygens (including phenoxy) is 2. The van der Waals surface area contributed by atoms with E-state index < -0.39 is 0 Å². The molecule has 4 aliphatic carbocycles. The number of hydrogen-bond donors (Lipinski definition) is 0. The van der Waals surface area contributed by atoms with Crippen LogP contribution >= 0.6 is 0 Å². The van der Waals surface area contributed by atoms with Crippen molar-refractivity contribution in [1.29, 1.82) is 0 Å². The van der Waals surface area contributed by atoms with Crippen LogP contribution in [0.1, 0.15) is 64.7 Å². The van der Waals surface area contributed by atoms with E-state index >= 15 is 0 Å². The predicted molar refractivity (Wildman–Crippen MR) is 98.3 cm³/mol. The van der Waals surface area contributed by atoms with Gasteiger partial charge in [-0.3, -0.25) is 4.79 Å². The van der Waals surface area contributed by atoms with Gasteiger partial charge in [-0.25, -0.2) is 0 Å². The van der Waals surface area contributed by atoms with Gasteiger partial charge in [-0.1, -0.05) is 12.5 Å². The molecule has 0 N–H and O–H groups in total. The van der Waals surface area contributed by atoms with Gasteiger partial charge in [0.2, 0.25) is 0 Å². The Morgan fingerprint density at radius 3 is 2.68 bits per heavy atom. The molecule has 140 valence electrons. The number of ketones is 1. The lowest BCUT2D eigenvalue weighted by molar-refractivity contribution is -0.119. The second-order valence-corrected chi connectivity index (χ2v) is 9.30. The predicted octanol–water partition coefficient (Wildman–Crippen LogP) is 4.55. The Bertz CT molecular complexity index is 568. The zero-order valence-corrected chi connectivity index (χ0v) is 16.2. The first-order chi connectivity index (χ1) is 12.0. The summed E-state index contributed by atoms with van der Waals surface area (Å²) in [5.74, 6) is 2.70. The number of rotatable bonds is 4. The van der Waals surface area contributed by atoms with Gasteiger partial charge in [0.05, 0.1) is 6.10 Å². The molecule has 0 aromatic heterocycles. The summed E-state index contributed by atoms with van der Waals surface area (Å²) in [6, 6.07) is 0. The topological polar surface area (TPSA) is 35.5 Å². The average molecular weight is 347 g/mol. The van der Waals surface area contributed by atoms with Crippen molar-refractivity contribution in [1.82, 2.24) is 0 Å². The largest absolute Gasteiger partial charge is 0.385 e. The minimum absolute atomic E-state index is 0.235. The standard InChI is InChI=1S/C22H34O3/c1-21-10-9-19-17(18(21)6-7-20(21)25-3)5-4-15-14-16(23)8-11-22(15,19)12-13-24-2/h14,17-20H,4-13H2,1-3H3/t17-,18-,19-,20-,21-,22+/m0/s1. The van der Waals surface area contributed by atoms with Gasteiger partial charge >= 0.3 is 0 Å². The lowest BCUT2D eigenvalue weighted by Gasteiger charge is -2.59. The van der Waals surface area contributed by atoms with Gasteiger partial charge in [0.15, 0.2) is 5.78 Å². The lowest BCUT2D eigenvalue weighted by atomic mass is 9.46. The summed E-state index contributed by atoms with van der Waals surface area (Å²) in [5.41, 5.74) is 2.07. The SMILES string of the molecule is COCC[C@]12CCC(=O)C=C1CC[C@@H]1[C@@H]2CC[C@]2(C)[C@@H](OC)CC[C@@H]12. The quantitative estimate of drug-likeness (QED) is 0.749. The molecule has 3 nitrogen and oxygen atoms in total. The van der Waals surface area contributed by atoms with Crippen molar-refractivity contribution in [2.24, 2.45) is 28.6 Å². The molecule has 4 rings (SSSR count). The fourth-order valence-corrected chi connectivity index (χ4v) is 7.45. The van der Waals surface area contributed by atoms with E-state index in [9.17, 15) is 4.79 Å². The first-order valence-corrected chi connectivity index (χ1v) is 10.3. The second-order valence-electron chi connectivity index (χ2n) is 9.30. The summed E-state index contributed by atoms with van der Waals surface area (Å²) < 4.78 is 11.4. The Balaban J connectivity index is 1.68. The van der Waals surface area contributed by atoms with Crippen LogP contribution in [0.15, 0.2) is 11.6 Å². The van der Waals surface area contributed by atoms with E-state index in [2.05, 4.69) is 6.92 Å². The molecule has 0 bridgehead atoms. The van der Waals surface area contributed by atoms with Crippen molar-refractivity contribution in [3.8, 4) is 0 Å². The van der Waals surface area contributed by atoms with Gasteiger partial charge < -0.3 is 9.47 Å². The Labute approximate surface area is 152 Å². The van der Waals surface area contributed by atoms with Crippen LogP contribution in [0.4, 0.5) is 0 Å². The maximum Gasteiger partial charge on any atom is 0.155 e. The minimum atomic E-state index is 0.235. The molecule has 3 saturated carbocycles. The van der Waals surface area contributed by atoms with Gasteiger partial charge in [-0.15, -0.1) is 0 Å². The Kier molecular flexibility index (Phi) is 4.60. The van der Waals surface area contributed by atoms with E-state index in [-0.39, 0.29) is 5.41 Å². The first kappa shape index (κ1) is 17.7. The van der Waals surface area contributed by atoms with Crippen LogP contribution < -0.4 is 0 Å². The highest BCUT2D eigenvalue weighted by Gasteiger charge is 2.60. The molecular weight excluding hydrogens is 312 g/mol. The van der Waals surface area contributed by atoms with Gasteiger partial charge in [0, 0.05) is 27.2 Å². The first-order valence-electron chi connectivity index (χ1n) is 10.3. The molecule has 4 aliphatic rings. The van der Waals surface area contributed by atoms with Crippen LogP contribution in [-0.2, 0) is 14.3 Å². The molecule has 0 aromatic rings. The van der Waals surface area contributed by atoms with E-state index in [1.54, 1.807) is 0 Å². The summed E-state index contributed by atoms with van der Waals surface area (Å²) >= 11 is 0. The minimum Gasteiger partial charge on any atom is -0.385 e. The van der Waals surface area contributed by atoms with E-state index in [0.29, 0.717) is 17.3 Å². The molecule has 3 fully saturated rings. The zero-order chi connectivity index (χ0) is 17.7. The molecule has 3 heteroatoms. The third kappa shape index (κ3) is 2.56. The monoisotopic (exact) mass is 346 g/mol. The van der Waals surface area contributed by atoms with Crippen molar-refractivity contribution in [2.75, 3.05) is 20.8 Å². The Hall–Kier alpha value is -0.670. The highest BCUT2D eigenvalue weighted by Crippen LogP contribution is 2.66. The maximum atomic E-state index is 12.1. The number of methoxy groups -OCH3 is 2. The molecule has 0 aliphatic heterocycles. The van der Waals surface area contributed by atoms with Crippen LogP contribution in [0.2, 0.25) is 0 Å². The van der Waals surface area contributed by atoms with Crippen molar-refractivity contribution >= 4 is 5.78 Å². The molecule has 0 spiro atoms. The van der Waals surface area contributed by atoms with Gasteiger partial charge in [-0.2, -0.15) is 0 Å². The third-order valence-electron chi connectivity index (χ3n) is 8.64. The van der Waals surface area contributed by atoms with E-state index in [4.69, 9.17) is 9.47 Å². The highest BCUT2D eigenvalue weighted by molar-refractivity contribution is 5.91. The molecule has 0 unspecified atom stereocenters. The van der Waals surface area contributed by atoms with Crippen LogP contribution in [0, 0.1) is 28.6 Å². The summed E-state index contributed by atoms with van der Waals surface area (Å²) in [5, 5.41) is 0. The normalized spacial score (nSPS) is 46.2. The Morgan fingerprint density at radius 2 is 1.92 bits per heavy atom. The number of carbonyl (C=O) groups is 1. The van der Waals surface area contributed by atoms with Crippen LogP contribution in [-0.4, -0.2) is 32.7 Å². The Morgan fingerprint density at radius 1 is 1.08 bits per heavy atom. The van der Waals surface area contributed by atoms with Gasteiger partial charge in [-0.05, 0) is 86.0 Å². The third-order valence-corrected chi connectivity index (χ3v) is 8.64. The van der Waals surface area contributed by atoms with Crippen molar-refractivity contribution in [2.45, 2.75) is 70.8 Å². The van der Waals surface area contributed by atoms with E-state index in [0.717, 1.165) is 50.0 Å². The number of allylic oxidation sites excluding steroid dienone is 1. The summed E-state index contributed by atoms with van der Waals surface area (Å²) in [6.45, 7) is 3.31. The van der Waals surface area contributed by atoms with E-state index in [1.165, 1.54) is 37.7 Å². The van der Waals surface area contributed by atoms with Crippen LogP contribution in [0.25, 0.3) is 0 Å².